The van der Waals surface area contributed by atoms with E-state index in [0.29, 0.717) is 4.90 Å². The van der Waals surface area contributed by atoms with Crippen molar-refractivity contribution in [2.45, 2.75) is 16.8 Å². The molecule has 0 N–H and O–H groups in total. The Bertz CT molecular complexity index is 657. The number of amides is 1. The Labute approximate surface area is 136 Å². The summed E-state index contributed by atoms with van der Waals surface area (Å²) in [6, 6.07) is 8.60. The van der Waals surface area contributed by atoms with Crippen molar-refractivity contribution >= 4 is 34.7 Å². The highest BCUT2D eigenvalue weighted by molar-refractivity contribution is 7.99. The summed E-state index contributed by atoms with van der Waals surface area (Å²) in [7, 11) is 0. The molecule has 2 aromatic rings. The van der Waals surface area contributed by atoms with E-state index >= 15 is 0 Å². The number of anilines is 1. The SMILES string of the molecule is O=C(c1sccc1SC(F)F)N(CC(F)(F)F)c1ccccc1. The van der Waals surface area contributed by atoms with Gasteiger partial charge in [-0.3, -0.25) is 9.69 Å². The number of rotatable bonds is 5. The highest BCUT2D eigenvalue weighted by Crippen LogP contribution is 2.34. The van der Waals surface area contributed by atoms with Gasteiger partial charge in [-0.2, -0.15) is 22.0 Å². The fourth-order valence-electron chi connectivity index (χ4n) is 1.83. The second-order valence-corrected chi connectivity index (χ2v) is 6.28. The van der Waals surface area contributed by atoms with Crippen LogP contribution in [0.4, 0.5) is 27.6 Å². The molecule has 0 saturated carbocycles. The Morgan fingerprint density at radius 1 is 1.17 bits per heavy atom. The van der Waals surface area contributed by atoms with Crippen LogP contribution in [0.2, 0.25) is 0 Å². The smallest absolute Gasteiger partial charge is 0.299 e. The fourth-order valence-corrected chi connectivity index (χ4v) is 3.48. The summed E-state index contributed by atoms with van der Waals surface area (Å²) in [6.45, 7) is -1.49. The molecule has 0 spiro atoms. The molecule has 0 aliphatic heterocycles. The second kappa shape index (κ2) is 7.31. The van der Waals surface area contributed by atoms with E-state index in [0.717, 1.165) is 11.3 Å². The van der Waals surface area contributed by atoms with Crippen LogP contribution >= 0.6 is 23.1 Å². The van der Waals surface area contributed by atoms with Gasteiger partial charge in [-0.25, -0.2) is 0 Å². The van der Waals surface area contributed by atoms with E-state index in [9.17, 15) is 26.7 Å². The Morgan fingerprint density at radius 3 is 2.39 bits per heavy atom. The maximum Gasteiger partial charge on any atom is 0.406 e. The maximum atomic E-state index is 12.8. The van der Waals surface area contributed by atoms with Crippen molar-refractivity contribution < 1.29 is 26.7 Å². The number of carbonyl (C=O) groups is 1. The molecule has 0 fully saturated rings. The van der Waals surface area contributed by atoms with Gasteiger partial charge in [0.1, 0.15) is 11.4 Å². The molecule has 124 valence electrons. The van der Waals surface area contributed by atoms with E-state index in [4.69, 9.17) is 0 Å². The van der Waals surface area contributed by atoms with Gasteiger partial charge in [-0.05, 0) is 23.6 Å². The second-order valence-electron chi connectivity index (χ2n) is 4.33. The Morgan fingerprint density at radius 2 is 1.83 bits per heavy atom. The van der Waals surface area contributed by atoms with Crippen molar-refractivity contribution in [2.75, 3.05) is 11.4 Å². The van der Waals surface area contributed by atoms with E-state index in [-0.39, 0.29) is 27.2 Å². The molecule has 1 heterocycles. The standard InChI is InChI=1S/C14H10F5NOS2/c15-13(16)23-10-6-7-22-11(10)12(21)20(8-14(17,18)19)9-4-2-1-3-5-9/h1-7,13H,8H2. The summed E-state index contributed by atoms with van der Waals surface area (Å²) in [4.78, 5) is 12.8. The van der Waals surface area contributed by atoms with Gasteiger partial charge in [0.25, 0.3) is 11.7 Å². The van der Waals surface area contributed by atoms with Crippen LogP contribution in [-0.4, -0.2) is 24.4 Å². The molecule has 1 amide bonds. The largest absolute Gasteiger partial charge is 0.406 e. The van der Waals surface area contributed by atoms with Crippen LogP contribution in [0.15, 0.2) is 46.7 Å². The molecular formula is C14H10F5NOS2. The molecule has 0 radical (unpaired) electrons. The molecule has 0 atom stereocenters. The summed E-state index contributed by atoms with van der Waals surface area (Å²) in [5.74, 6) is -3.71. The molecule has 1 aromatic heterocycles. The number of halogens is 5. The third kappa shape index (κ3) is 4.93. The number of thiophene rings is 1. The topological polar surface area (TPSA) is 20.3 Å². The molecule has 1 aromatic carbocycles. The summed E-state index contributed by atoms with van der Waals surface area (Å²) in [5.41, 5.74) is 0.0521. The minimum atomic E-state index is -4.61. The summed E-state index contributed by atoms with van der Waals surface area (Å²) in [6.07, 6.45) is -4.61. The molecule has 0 aliphatic rings. The van der Waals surface area contributed by atoms with Gasteiger partial charge in [-0.1, -0.05) is 30.0 Å². The van der Waals surface area contributed by atoms with Crippen LogP contribution < -0.4 is 4.90 Å². The molecule has 23 heavy (non-hydrogen) atoms. The van der Waals surface area contributed by atoms with E-state index in [2.05, 4.69) is 0 Å². The lowest BCUT2D eigenvalue weighted by Crippen LogP contribution is -2.39. The van der Waals surface area contributed by atoms with Crippen molar-refractivity contribution in [3.63, 3.8) is 0 Å². The van der Waals surface area contributed by atoms with Gasteiger partial charge in [0.2, 0.25) is 0 Å². The van der Waals surface area contributed by atoms with Crippen LogP contribution in [0.1, 0.15) is 9.67 Å². The minimum absolute atomic E-state index is 0.0295. The maximum absolute atomic E-state index is 12.8. The average molecular weight is 367 g/mol. The normalized spacial score (nSPS) is 11.7. The highest BCUT2D eigenvalue weighted by Gasteiger charge is 2.35. The average Bonchev–Trinajstić information content (AvgIpc) is 2.91. The monoisotopic (exact) mass is 367 g/mol. The third-order valence-corrected chi connectivity index (χ3v) is 4.49. The Kier molecular flexibility index (Phi) is 5.64. The molecule has 2 nitrogen and oxygen atoms in total. The number of hydrogen-bond acceptors (Lipinski definition) is 3. The van der Waals surface area contributed by atoms with E-state index in [1.807, 2.05) is 0 Å². The zero-order chi connectivity index (χ0) is 17.0. The Hall–Kier alpha value is -1.61. The Balaban J connectivity index is 2.36. The van der Waals surface area contributed by atoms with Crippen molar-refractivity contribution in [2.24, 2.45) is 0 Å². The molecule has 2 rings (SSSR count). The van der Waals surface area contributed by atoms with Gasteiger partial charge in [0, 0.05) is 10.6 Å². The van der Waals surface area contributed by atoms with Gasteiger partial charge in [-0.15, -0.1) is 11.3 Å². The first-order chi connectivity index (χ1) is 10.8. The van der Waals surface area contributed by atoms with E-state index in [1.165, 1.54) is 35.7 Å². The van der Waals surface area contributed by atoms with Crippen molar-refractivity contribution in [3.8, 4) is 0 Å². The number of para-hydroxylation sites is 1. The minimum Gasteiger partial charge on any atom is -0.299 e. The van der Waals surface area contributed by atoms with Gasteiger partial charge in [0.15, 0.2) is 0 Å². The number of nitrogens with zero attached hydrogens (tertiary/aromatic N) is 1. The molecule has 0 bridgehead atoms. The predicted molar refractivity (Wildman–Crippen MR) is 80.4 cm³/mol. The first-order valence-electron chi connectivity index (χ1n) is 6.24. The van der Waals surface area contributed by atoms with Crippen molar-refractivity contribution in [1.29, 1.82) is 0 Å². The third-order valence-electron chi connectivity index (χ3n) is 2.69. The van der Waals surface area contributed by atoms with Crippen molar-refractivity contribution in [3.05, 3.63) is 46.7 Å². The number of alkyl halides is 5. The fraction of sp³-hybridized carbons (Fsp3) is 0.214. The number of benzene rings is 1. The van der Waals surface area contributed by atoms with E-state index in [1.54, 1.807) is 6.07 Å². The highest BCUT2D eigenvalue weighted by atomic mass is 32.2. The van der Waals surface area contributed by atoms with E-state index < -0.39 is 24.4 Å². The number of carbonyl (C=O) groups excluding carboxylic acids is 1. The zero-order valence-corrected chi connectivity index (χ0v) is 13.0. The molecule has 0 aliphatic carbocycles. The lowest BCUT2D eigenvalue weighted by atomic mass is 10.2. The zero-order valence-electron chi connectivity index (χ0n) is 11.4. The van der Waals surface area contributed by atoms with Gasteiger partial charge >= 0.3 is 6.18 Å². The first-order valence-corrected chi connectivity index (χ1v) is 8.00. The van der Waals surface area contributed by atoms with Crippen molar-refractivity contribution in [1.82, 2.24) is 0 Å². The van der Waals surface area contributed by atoms with Crippen LogP contribution in [0.3, 0.4) is 0 Å². The molecule has 9 heteroatoms. The summed E-state index contributed by atoms with van der Waals surface area (Å²) < 4.78 is 63.4. The molecule has 0 saturated heterocycles. The lowest BCUT2D eigenvalue weighted by molar-refractivity contribution is -0.118. The van der Waals surface area contributed by atoms with Crippen LogP contribution in [0.5, 0.6) is 0 Å². The molecule has 0 unspecified atom stereocenters. The summed E-state index contributed by atoms with van der Waals surface area (Å²) in [5, 5.41) is 1.40. The van der Waals surface area contributed by atoms with Gasteiger partial charge < -0.3 is 0 Å². The van der Waals surface area contributed by atoms with Crippen LogP contribution in [-0.2, 0) is 0 Å². The molecular weight excluding hydrogens is 357 g/mol. The quantitative estimate of drug-likeness (QED) is 0.530. The first kappa shape index (κ1) is 17.7. The number of hydrogen-bond donors (Lipinski definition) is 0. The van der Waals surface area contributed by atoms with Gasteiger partial charge in [0.05, 0.1) is 0 Å². The van der Waals surface area contributed by atoms with Crippen LogP contribution in [0, 0.1) is 0 Å². The number of thioether (sulfide) groups is 1. The summed E-state index contributed by atoms with van der Waals surface area (Å²) >= 11 is 0.975. The predicted octanol–water partition coefficient (Wildman–Crippen LogP) is 5.27. The van der Waals surface area contributed by atoms with Crippen LogP contribution in [0.25, 0.3) is 0 Å². The lowest BCUT2D eigenvalue weighted by Gasteiger charge is -2.24.